The molecule has 3 aromatic carbocycles. The molecule has 0 aliphatic rings. The van der Waals surface area contributed by atoms with Crippen molar-refractivity contribution < 1.29 is 9.53 Å². The first kappa shape index (κ1) is 21.6. The molecule has 32 heavy (non-hydrogen) atoms. The smallest absolute Gasteiger partial charge is 0.220 e. The van der Waals surface area contributed by atoms with Crippen LogP contribution in [0.2, 0.25) is 0 Å². The highest BCUT2D eigenvalue weighted by atomic mass is 16.5. The van der Waals surface area contributed by atoms with Crippen molar-refractivity contribution in [2.75, 3.05) is 6.61 Å². The lowest BCUT2D eigenvalue weighted by Gasteiger charge is -2.17. The normalized spacial score (nSPS) is 11.9. The molecule has 0 aliphatic carbocycles. The van der Waals surface area contributed by atoms with Crippen molar-refractivity contribution in [1.82, 2.24) is 14.9 Å². The molecule has 0 spiro atoms. The second kappa shape index (κ2) is 10.1. The van der Waals surface area contributed by atoms with Crippen LogP contribution in [0.4, 0.5) is 0 Å². The van der Waals surface area contributed by atoms with Crippen molar-refractivity contribution in [2.24, 2.45) is 0 Å². The number of benzene rings is 3. The van der Waals surface area contributed by atoms with Crippen LogP contribution in [0.25, 0.3) is 11.0 Å². The summed E-state index contributed by atoms with van der Waals surface area (Å²) in [7, 11) is 0. The first-order valence-corrected chi connectivity index (χ1v) is 11.1. The van der Waals surface area contributed by atoms with E-state index in [0.29, 0.717) is 19.6 Å². The van der Waals surface area contributed by atoms with Crippen LogP contribution in [-0.2, 0) is 17.8 Å². The van der Waals surface area contributed by atoms with Gasteiger partial charge < -0.3 is 14.6 Å². The summed E-state index contributed by atoms with van der Waals surface area (Å²) in [6.07, 6.45) is 1.17. The van der Waals surface area contributed by atoms with Gasteiger partial charge in [0.2, 0.25) is 5.91 Å². The largest absolute Gasteiger partial charge is 0.492 e. The van der Waals surface area contributed by atoms with Gasteiger partial charge in [-0.05, 0) is 55.7 Å². The monoisotopic (exact) mass is 427 g/mol. The zero-order chi connectivity index (χ0) is 22.3. The van der Waals surface area contributed by atoms with Crippen molar-refractivity contribution in [2.45, 2.75) is 39.3 Å². The lowest BCUT2D eigenvalue weighted by atomic mass is 10.1. The summed E-state index contributed by atoms with van der Waals surface area (Å²) in [4.78, 5) is 17.4. The summed E-state index contributed by atoms with van der Waals surface area (Å²) in [6.45, 7) is 5.20. The molecule has 0 saturated carbocycles. The summed E-state index contributed by atoms with van der Waals surface area (Å²) >= 11 is 0. The fraction of sp³-hybridized carbons (Fsp3) is 0.259. The number of para-hydroxylation sites is 2. The molecule has 1 N–H and O–H groups in total. The highest BCUT2D eigenvalue weighted by Crippen LogP contribution is 2.21. The fourth-order valence-electron chi connectivity index (χ4n) is 3.90. The number of carbonyl (C=O) groups excluding carboxylic acids is 1. The number of aromatic nitrogens is 2. The van der Waals surface area contributed by atoms with E-state index in [9.17, 15) is 4.79 Å². The van der Waals surface area contributed by atoms with Crippen molar-refractivity contribution in [3.8, 4) is 5.75 Å². The summed E-state index contributed by atoms with van der Waals surface area (Å²) in [6, 6.07) is 26.0. The molecule has 0 saturated heterocycles. The van der Waals surface area contributed by atoms with E-state index in [1.54, 1.807) is 0 Å². The van der Waals surface area contributed by atoms with Crippen LogP contribution in [0, 0.1) is 6.92 Å². The van der Waals surface area contributed by atoms with E-state index in [4.69, 9.17) is 9.72 Å². The zero-order valence-electron chi connectivity index (χ0n) is 18.6. The summed E-state index contributed by atoms with van der Waals surface area (Å²) < 4.78 is 8.12. The number of nitrogens with one attached hydrogen (secondary N) is 1. The highest BCUT2D eigenvalue weighted by molar-refractivity contribution is 5.78. The molecule has 0 radical (unpaired) electrons. The van der Waals surface area contributed by atoms with Crippen molar-refractivity contribution >= 4 is 16.9 Å². The van der Waals surface area contributed by atoms with Gasteiger partial charge in [-0.25, -0.2) is 4.98 Å². The zero-order valence-corrected chi connectivity index (χ0v) is 18.6. The standard InChI is InChI=1S/C27H29N3O2/c1-20-9-8-12-23(19-20)32-18-17-30-25-14-7-6-13-24(25)29-27(30)21(2)28-26(31)16-15-22-10-4-3-5-11-22/h3-14,19,21H,15-18H2,1-2H3,(H,28,31). The number of imidazole rings is 1. The Balaban J connectivity index is 1.44. The molecule has 1 heterocycles. The maximum atomic E-state index is 12.6. The average Bonchev–Trinajstić information content (AvgIpc) is 3.17. The Morgan fingerprint density at radius 3 is 2.62 bits per heavy atom. The number of fused-ring (bicyclic) bond motifs is 1. The lowest BCUT2D eigenvalue weighted by Crippen LogP contribution is -2.29. The molecule has 1 atom stereocenters. The van der Waals surface area contributed by atoms with Gasteiger partial charge in [0.05, 0.1) is 23.6 Å². The molecule has 4 aromatic rings. The Bertz CT molecular complexity index is 1180. The van der Waals surface area contributed by atoms with Gasteiger partial charge >= 0.3 is 0 Å². The molecule has 5 heteroatoms. The van der Waals surface area contributed by atoms with Gasteiger partial charge in [0.25, 0.3) is 0 Å². The molecule has 1 amide bonds. The van der Waals surface area contributed by atoms with Crippen molar-refractivity contribution in [3.05, 3.63) is 95.8 Å². The fourth-order valence-corrected chi connectivity index (χ4v) is 3.90. The molecule has 5 nitrogen and oxygen atoms in total. The summed E-state index contributed by atoms with van der Waals surface area (Å²) in [5.74, 6) is 1.72. The number of amides is 1. The number of rotatable bonds is 9. The number of ether oxygens (including phenoxy) is 1. The summed E-state index contributed by atoms with van der Waals surface area (Å²) in [5.41, 5.74) is 4.29. The minimum atomic E-state index is -0.204. The van der Waals surface area contributed by atoms with Crippen LogP contribution >= 0.6 is 0 Å². The van der Waals surface area contributed by atoms with E-state index in [1.165, 1.54) is 5.56 Å². The van der Waals surface area contributed by atoms with E-state index in [2.05, 4.69) is 28.9 Å². The molecule has 0 bridgehead atoms. The number of nitrogens with zero attached hydrogens (tertiary/aromatic N) is 2. The summed E-state index contributed by atoms with van der Waals surface area (Å²) in [5, 5.41) is 3.12. The van der Waals surface area contributed by atoms with Crippen LogP contribution in [0.1, 0.15) is 36.3 Å². The van der Waals surface area contributed by atoms with E-state index in [1.807, 2.05) is 73.7 Å². The van der Waals surface area contributed by atoms with Gasteiger partial charge in [0.1, 0.15) is 18.2 Å². The molecule has 1 aromatic heterocycles. The van der Waals surface area contributed by atoms with Crippen LogP contribution in [0.15, 0.2) is 78.9 Å². The first-order chi connectivity index (χ1) is 15.6. The quantitative estimate of drug-likeness (QED) is 0.398. The lowest BCUT2D eigenvalue weighted by molar-refractivity contribution is -0.121. The maximum absolute atomic E-state index is 12.6. The number of carbonyl (C=O) groups is 1. The Hall–Kier alpha value is -3.60. The molecule has 4 rings (SSSR count). The number of aryl methyl sites for hydroxylation is 2. The minimum Gasteiger partial charge on any atom is -0.492 e. The van der Waals surface area contributed by atoms with E-state index >= 15 is 0 Å². The van der Waals surface area contributed by atoms with Crippen LogP contribution in [0.3, 0.4) is 0 Å². The Kier molecular flexibility index (Phi) is 6.85. The second-order valence-corrected chi connectivity index (χ2v) is 8.05. The minimum absolute atomic E-state index is 0.0240. The molecule has 0 fully saturated rings. The highest BCUT2D eigenvalue weighted by Gasteiger charge is 2.18. The first-order valence-electron chi connectivity index (χ1n) is 11.1. The van der Waals surface area contributed by atoms with Crippen LogP contribution in [-0.4, -0.2) is 22.1 Å². The van der Waals surface area contributed by atoms with E-state index in [0.717, 1.165) is 34.6 Å². The topological polar surface area (TPSA) is 56.1 Å². The van der Waals surface area contributed by atoms with Gasteiger partial charge in [-0.1, -0.05) is 54.6 Å². The molecule has 0 aliphatic heterocycles. The van der Waals surface area contributed by atoms with E-state index < -0.39 is 0 Å². The second-order valence-electron chi connectivity index (χ2n) is 8.05. The molecular weight excluding hydrogens is 398 g/mol. The Labute approximate surface area is 189 Å². The Morgan fingerprint density at radius 1 is 1.03 bits per heavy atom. The van der Waals surface area contributed by atoms with Gasteiger partial charge in [-0.3, -0.25) is 4.79 Å². The van der Waals surface area contributed by atoms with Crippen LogP contribution in [0.5, 0.6) is 5.75 Å². The molecular formula is C27H29N3O2. The number of hydrogen-bond acceptors (Lipinski definition) is 3. The average molecular weight is 428 g/mol. The van der Waals surface area contributed by atoms with Gasteiger partial charge in [-0.2, -0.15) is 0 Å². The van der Waals surface area contributed by atoms with Crippen molar-refractivity contribution in [1.29, 1.82) is 0 Å². The van der Waals surface area contributed by atoms with Gasteiger partial charge in [-0.15, -0.1) is 0 Å². The predicted molar refractivity (Wildman–Crippen MR) is 128 cm³/mol. The third-order valence-electron chi connectivity index (χ3n) is 5.51. The van der Waals surface area contributed by atoms with Gasteiger partial charge in [0, 0.05) is 6.42 Å². The van der Waals surface area contributed by atoms with E-state index in [-0.39, 0.29) is 11.9 Å². The van der Waals surface area contributed by atoms with Gasteiger partial charge in [0.15, 0.2) is 0 Å². The predicted octanol–water partition coefficient (Wildman–Crippen LogP) is 5.23. The molecule has 164 valence electrons. The van der Waals surface area contributed by atoms with Crippen LogP contribution < -0.4 is 10.1 Å². The molecule has 1 unspecified atom stereocenters. The Morgan fingerprint density at radius 2 is 1.81 bits per heavy atom. The SMILES string of the molecule is Cc1cccc(OCCn2c(C(C)NC(=O)CCc3ccccc3)nc3ccccc32)c1. The third kappa shape index (κ3) is 5.35. The number of hydrogen-bond donors (Lipinski definition) is 1. The van der Waals surface area contributed by atoms with Crippen molar-refractivity contribution in [3.63, 3.8) is 0 Å². The third-order valence-corrected chi connectivity index (χ3v) is 5.51. The maximum Gasteiger partial charge on any atom is 0.220 e.